The number of hydrogen-bond acceptors (Lipinski definition) is 2. The standard InChI is InChI=1S/C26H38Cl2O2P2/c1-15(2)31(16(3)4)29-25-19(9)11-21(27)13-23(25)24-14-22(28)12-20(10)26(24)30-32(17(5)6)18(7)8/h11-18H,1-10H3. The van der Waals surface area contributed by atoms with E-state index in [4.69, 9.17) is 32.2 Å². The molecule has 2 aromatic rings. The number of benzene rings is 2. The quantitative estimate of drug-likeness (QED) is 0.309. The van der Waals surface area contributed by atoms with Crippen molar-refractivity contribution in [3.8, 4) is 22.6 Å². The second-order valence-electron chi connectivity index (χ2n) is 9.48. The molecule has 0 saturated heterocycles. The zero-order chi connectivity index (χ0) is 24.3. The van der Waals surface area contributed by atoms with Crippen LogP contribution in [-0.2, 0) is 0 Å². The molecule has 0 spiro atoms. The van der Waals surface area contributed by atoms with Crippen LogP contribution >= 0.6 is 39.5 Å². The van der Waals surface area contributed by atoms with E-state index < -0.39 is 16.3 Å². The summed E-state index contributed by atoms with van der Waals surface area (Å²) in [7, 11) is -1.32. The minimum atomic E-state index is -0.662. The van der Waals surface area contributed by atoms with Crippen molar-refractivity contribution >= 4 is 39.5 Å². The van der Waals surface area contributed by atoms with Crippen molar-refractivity contribution in [2.45, 2.75) is 91.9 Å². The fourth-order valence-corrected chi connectivity index (χ4v) is 8.61. The first-order valence-corrected chi connectivity index (χ1v) is 14.9. The number of rotatable bonds is 9. The Kier molecular flexibility index (Phi) is 10.2. The molecule has 0 aliphatic rings. The third-order valence-corrected chi connectivity index (χ3v) is 10.5. The second-order valence-corrected chi connectivity index (χ2v) is 16.3. The van der Waals surface area contributed by atoms with E-state index in [9.17, 15) is 0 Å². The highest BCUT2D eigenvalue weighted by Gasteiger charge is 2.27. The van der Waals surface area contributed by atoms with E-state index in [-0.39, 0.29) is 0 Å². The Bertz CT molecular complexity index is 835. The van der Waals surface area contributed by atoms with Gasteiger partial charge in [0.05, 0.1) is 16.3 Å². The lowest BCUT2D eigenvalue weighted by Crippen LogP contribution is -2.11. The highest BCUT2D eigenvalue weighted by atomic mass is 35.5. The fourth-order valence-electron chi connectivity index (χ4n) is 3.93. The third kappa shape index (κ3) is 6.76. The van der Waals surface area contributed by atoms with Crippen LogP contribution in [0, 0.1) is 13.8 Å². The minimum absolute atomic E-state index is 0.444. The van der Waals surface area contributed by atoms with Crippen molar-refractivity contribution in [2.24, 2.45) is 0 Å². The lowest BCUT2D eigenvalue weighted by molar-refractivity contribution is 0.581. The van der Waals surface area contributed by atoms with Crippen molar-refractivity contribution < 1.29 is 9.05 Å². The summed E-state index contributed by atoms with van der Waals surface area (Å²) >= 11 is 13.1. The Labute approximate surface area is 208 Å². The van der Waals surface area contributed by atoms with Crippen LogP contribution < -0.4 is 9.05 Å². The monoisotopic (exact) mass is 514 g/mol. The second kappa shape index (κ2) is 11.8. The largest absolute Gasteiger partial charge is 0.473 e. The van der Waals surface area contributed by atoms with Crippen LogP contribution in [0.25, 0.3) is 11.1 Å². The van der Waals surface area contributed by atoms with Gasteiger partial charge < -0.3 is 9.05 Å². The molecule has 0 N–H and O–H groups in total. The van der Waals surface area contributed by atoms with Gasteiger partial charge in [-0.05, 0) is 49.2 Å². The molecular formula is C26H38Cl2O2P2. The van der Waals surface area contributed by atoms with E-state index in [0.29, 0.717) is 32.7 Å². The number of hydrogen-bond donors (Lipinski definition) is 0. The van der Waals surface area contributed by atoms with Gasteiger partial charge >= 0.3 is 0 Å². The van der Waals surface area contributed by atoms with Crippen molar-refractivity contribution in [3.63, 3.8) is 0 Å². The SMILES string of the molecule is Cc1cc(Cl)cc(-c2cc(Cl)cc(C)c2OP(C(C)C)C(C)C)c1OP(C(C)C)C(C)C. The summed E-state index contributed by atoms with van der Waals surface area (Å²) in [6.07, 6.45) is 0. The van der Waals surface area contributed by atoms with Gasteiger partial charge in [-0.1, -0.05) is 78.6 Å². The van der Waals surface area contributed by atoms with Crippen LogP contribution in [0.2, 0.25) is 10.0 Å². The predicted octanol–water partition coefficient (Wildman–Crippen LogP) is 10.5. The van der Waals surface area contributed by atoms with E-state index in [1.165, 1.54) is 0 Å². The third-order valence-electron chi connectivity index (χ3n) is 5.20. The van der Waals surface area contributed by atoms with Crippen LogP contribution in [0.4, 0.5) is 0 Å². The van der Waals surface area contributed by atoms with Crippen LogP contribution in [0.1, 0.15) is 66.5 Å². The fraction of sp³-hybridized carbons (Fsp3) is 0.538. The Balaban J connectivity index is 2.74. The van der Waals surface area contributed by atoms with E-state index in [1.807, 2.05) is 24.3 Å². The van der Waals surface area contributed by atoms with E-state index in [1.54, 1.807) is 0 Å². The molecular weight excluding hydrogens is 477 g/mol. The summed E-state index contributed by atoms with van der Waals surface area (Å²) in [5.41, 5.74) is 5.73. The Morgan fingerprint density at radius 1 is 0.562 bits per heavy atom. The molecule has 0 amide bonds. The molecule has 0 fully saturated rings. The van der Waals surface area contributed by atoms with Gasteiger partial charge in [-0.2, -0.15) is 0 Å². The molecule has 2 rings (SSSR count). The van der Waals surface area contributed by atoms with Crippen molar-refractivity contribution in [1.82, 2.24) is 0 Å². The Hall–Kier alpha value is -0.520. The van der Waals surface area contributed by atoms with Gasteiger partial charge in [-0.15, -0.1) is 0 Å². The highest BCUT2D eigenvalue weighted by molar-refractivity contribution is 7.54. The average molecular weight is 515 g/mol. The van der Waals surface area contributed by atoms with Crippen molar-refractivity contribution in [1.29, 1.82) is 0 Å². The van der Waals surface area contributed by atoms with Crippen LogP contribution in [0.5, 0.6) is 11.5 Å². The number of aryl methyl sites for hydroxylation is 2. The van der Waals surface area contributed by atoms with Crippen LogP contribution in [0.15, 0.2) is 24.3 Å². The lowest BCUT2D eigenvalue weighted by Gasteiger charge is -2.30. The maximum Gasteiger partial charge on any atom is 0.134 e. The molecule has 0 atom stereocenters. The van der Waals surface area contributed by atoms with Gasteiger partial charge in [0.15, 0.2) is 0 Å². The van der Waals surface area contributed by atoms with Gasteiger partial charge in [-0.25, -0.2) is 0 Å². The maximum absolute atomic E-state index is 6.76. The van der Waals surface area contributed by atoms with Crippen LogP contribution in [0.3, 0.4) is 0 Å². The molecule has 2 aromatic carbocycles. The molecule has 0 radical (unpaired) electrons. The van der Waals surface area contributed by atoms with Crippen molar-refractivity contribution in [2.75, 3.05) is 0 Å². The summed E-state index contributed by atoms with van der Waals surface area (Å²) in [6, 6.07) is 7.93. The molecule has 6 heteroatoms. The zero-order valence-corrected chi connectivity index (χ0v) is 24.4. The zero-order valence-electron chi connectivity index (χ0n) is 21.1. The summed E-state index contributed by atoms with van der Waals surface area (Å²) in [5, 5.41) is 1.36. The van der Waals surface area contributed by atoms with E-state index in [0.717, 1.165) is 33.8 Å². The molecule has 0 heterocycles. The topological polar surface area (TPSA) is 18.5 Å². The molecule has 0 saturated carbocycles. The first-order valence-electron chi connectivity index (χ1n) is 11.4. The number of halogens is 2. The van der Waals surface area contributed by atoms with E-state index in [2.05, 4.69) is 69.2 Å². The summed E-state index contributed by atoms with van der Waals surface area (Å²) in [6.45, 7) is 22.0. The van der Waals surface area contributed by atoms with Gasteiger partial charge in [0.2, 0.25) is 0 Å². The average Bonchev–Trinajstić information content (AvgIpc) is 2.64. The van der Waals surface area contributed by atoms with Crippen molar-refractivity contribution in [3.05, 3.63) is 45.4 Å². The molecule has 0 unspecified atom stereocenters. The first-order chi connectivity index (χ1) is 14.8. The maximum atomic E-state index is 6.76. The molecule has 0 aliphatic carbocycles. The molecule has 32 heavy (non-hydrogen) atoms. The van der Waals surface area contributed by atoms with E-state index >= 15 is 0 Å². The Morgan fingerprint density at radius 3 is 1.09 bits per heavy atom. The molecule has 0 aliphatic heterocycles. The first kappa shape index (κ1) is 27.7. The van der Waals surface area contributed by atoms with Gasteiger partial charge in [0.25, 0.3) is 0 Å². The highest BCUT2D eigenvalue weighted by Crippen LogP contribution is 2.55. The minimum Gasteiger partial charge on any atom is -0.473 e. The lowest BCUT2D eigenvalue weighted by atomic mass is 9.99. The predicted molar refractivity (Wildman–Crippen MR) is 147 cm³/mol. The molecule has 178 valence electrons. The summed E-state index contributed by atoms with van der Waals surface area (Å²) < 4.78 is 13.5. The molecule has 0 aromatic heterocycles. The van der Waals surface area contributed by atoms with Gasteiger partial charge in [0.1, 0.15) is 11.5 Å². The van der Waals surface area contributed by atoms with Gasteiger partial charge in [0, 0.05) is 43.8 Å². The smallest absolute Gasteiger partial charge is 0.134 e. The molecule has 2 nitrogen and oxygen atoms in total. The molecule has 0 bridgehead atoms. The summed E-state index contributed by atoms with van der Waals surface area (Å²) in [5.74, 6) is 1.76. The van der Waals surface area contributed by atoms with Crippen LogP contribution in [-0.4, -0.2) is 22.6 Å². The normalized spacial score (nSPS) is 12.2. The summed E-state index contributed by atoms with van der Waals surface area (Å²) in [4.78, 5) is 0. The van der Waals surface area contributed by atoms with Gasteiger partial charge in [-0.3, -0.25) is 0 Å². The Morgan fingerprint density at radius 2 is 0.844 bits per heavy atom.